The molecule has 0 spiro atoms. The predicted octanol–water partition coefficient (Wildman–Crippen LogP) is -1.53. The van der Waals surface area contributed by atoms with Crippen molar-refractivity contribution in [2.45, 2.75) is 24.5 Å². The molecule has 0 aliphatic carbocycles. The fourth-order valence-electron chi connectivity index (χ4n) is 2.50. The Hall–Kier alpha value is -1.97. The van der Waals surface area contributed by atoms with E-state index in [0.29, 0.717) is 0 Å². The highest BCUT2D eigenvalue weighted by Gasteiger charge is 2.44. The van der Waals surface area contributed by atoms with E-state index in [1.807, 2.05) is 6.07 Å². The van der Waals surface area contributed by atoms with Gasteiger partial charge in [0.1, 0.15) is 42.6 Å². The average Bonchev–Trinajstić information content (AvgIpc) is 3.10. The summed E-state index contributed by atoms with van der Waals surface area (Å²) in [5.74, 6) is 0. The maximum absolute atomic E-state index is 10.8. The lowest BCUT2D eigenvalue weighted by atomic mass is 10.1. The third-order valence-electron chi connectivity index (χ3n) is 3.62. The Balaban J connectivity index is 1.80. The minimum absolute atomic E-state index is 0.0540. The lowest BCUT2D eigenvalue weighted by molar-refractivity contribution is -0.0612. The number of hydrogen-bond acceptors (Lipinski definition) is 9. The molecule has 0 radical (unpaired) electrons. The first-order valence-electron chi connectivity index (χ1n) is 7.03. The third kappa shape index (κ3) is 3.53. The van der Waals surface area contributed by atoms with Gasteiger partial charge in [0.15, 0.2) is 17.6 Å². The SMILES string of the molecule is N#Cc1ncnc2c1ncn2[C@@H]1O[C@H](COCP(=O)(O)O)[C@@H](O)[C@H]1O. The van der Waals surface area contributed by atoms with E-state index in [1.54, 1.807) is 0 Å². The van der Waals surface area contributed by atoms with Gasteiger partial charge in [0.2, 0.25) is 0 Å². The number of aliphatic hydroxyl groups excluding tert-OH is 2. The Kier molecular flexibility index (Phi) is 4.81. The third-order valence-corrected chi connectivity index (χ3v) is 4.14. The maximum Gasteiger partial charge on any atom is 0.350 e. The molecular weight excluding hydrogens is 357 g/mol. The van der Waals surface area contributed by atoms with Crippen LogP contribution in [0.3, 0.4) is 0 Å². The van der Waals surface area contributed by atoms with Crippen LogP contribution >= 0.6 is 7.60 Å². The van der Waals surface area contributed by atoms with Crippen LogP contribution in [-0.4, -0.2) is 70.8 Å². The Morgan fingerprint density at radius 3 is 2.76 bits per heavy atom. The molecule has 2 aromatic heterocycles. The number of imidazole rings is 1. The van der Waals surface area contributed by atoms with Gasteiger partial charge in [0.25, 0.3) is 0 Å². The number of aliphatic hydroxyl groups is 2. The largest absolute Gasteiger partial charge is 0.387 e. The second-order valence-corrected chi connectivity index (χ2v) is 6.96. The van der Waals surface area contributed by atoms with Crippen LogP contribution in [0.4, 0.5) is 0 Å². The van der Waals surface area contributed by atoms with Gasteiger partial charge < -0.3 is 29.5 Å². The van der Waals surface area contributed by atoms with Gasteiger partial charge >= 0.3 is 7.60 Å². The molecule has 1 aliphatic rings. The zero-order valence-electron chi connectivity index (χ0n) is 12.6. The molecule has 3 heterocycles. The number of nitriles is 1. The molecule has 134 valence electrons. The molecule has 0 saturated carbocycles. The average molecular weight is 371 g/mol. The van der Waals surface area contributed by atoms with Gasteiger partial charge in [-0.25, -0.2) is 15.0 Å². The van der Waals surface area contributed by atoms with Crippen molar-refractivity contribution in [3.63, 3.8) is 0 Å². The van der Waals surface area contributed by atoms with E-state index >= 15 is 0 Å². The number of aromatic nitrogens is 4. The Bertz CT molecular complexity index is 861. The molecule has 3 rings (SSSR count). The van der Waals surface area contributed by atoms with Gasteiger partial charge in [-0.15, -0.1) is 0 Å². The molecule has 4 atom stereocenters. The van der Waals surface area contributed by atoms with Crippen LogP contribution < -0.4 is 0 Å². The molecule has 4 N–H and O–H groups in total. The van der Waals surface area contributed by atoms with Crippen molar-refractivity contribution >= 4 is 18.8 Å². The molecule has 13 heteroatoms. The summed E-state index contributed by atoms with van der Waals surface area (Å²) in [6, 6.07) is 1.87. The summed E-state index contributed by atoms with van der Waals surface area (Å²) in [5.41, 5.74) is 0.509. The lowest BCUT2D eigenvalue weighted by Crippen LogP contribution is -2.33. The van der Waals surface area contributed by atoms with Crippen molar-refractivity contribution in [3.05, 3.63) is 18.3 Å². The smallest absolute Gasteiger partial charge is 0.350 e. The minimum atomic E-state index is -4.35. The highest BCUT2D eigenvalue weighted by atomic mass is 31.2. The second-order valence-electron chi connectivity index (χ2n) is 5.37. The number of fused-ring (bicyclic) bond motifs is 1. The van der Waals surface area contributed by atoms with Gasteiger partial charge in [0.05, 0.1) is 12.9 Å². The van der Waals surface area contributed by atoms with Crippen LogP contribution in [0.15, 0.2) is 12.7 Å². The van der Waals surface area contributed by atoms with E-state index in [-0.39, 0.29) is 23.5 Å². The summed E-state index contributed by atoms with van der Waals surface area (Å²) in [6.07, 6.45) is -3.16. The quantitative estimate of drug-likeness (QED) is 0.447. The zero-order chi connectivity index (χ0) is 18.2. The number of hydrogen-bond donors (Lipinski definition) is 4. The van der Waals surface area contributed by atoms with E-state index in [0.717, 1.165) is 6.33 Å². The molecule has 1 aliphatic heterocycles. The van der Waals surface area contributed by atoms with Crippen molar-refractivity contribution in [2.75, 3.05) is 13.0 Å². The van der Waals surface area contributed by atoms with E-state index in [4.69, 9.17) is 24.5 Å². The number of nitrogens with zero attached hydrogens (tertiary/aromatic N) is 5. The second kappa shape index (κ2) is 6.74. The molecule has 0 unspecified atom stereocenters. The Morgan fingerprint density at radius 2 is 2.08 bits per heavy atom. The van der Waals surface area contributed by atoms with Gasteiger partial charge in [-0.1, -0.05) is 0 Å². The maximum atomic E-state index is 10.8. The van der Waals surface area contributed by atoms with Crippen LogP contribution in [0, 0.1) is 11.3 Å². The summed E-state index contributed by atoms with van der Waals surface area (Å²) in [4.78, 5) is 29.3. The molecule has 12 nitrogen and oxygen atoms in total. The van der Waals surface area contributed by atoms with E-state index in [9.17, 15) is 14.8 Å². The van der Waals surface area contributed by atoms with Crippen molar-refractivity contribution in [1.82, 2.24) is 19.5 Å². The Labute approximate surface area is 140 Å². The van der Waals surface area contributed by atoms with Crippen molar-refractivity contribution in [1.29, 1.82) is 5.26 Å². The van der Waals surface area contributed by atoms with Crippen molar-refractivity contribution in [3.8, 4) is 6.07 Å². The van der Waals surface area contributed by atoms with Gasteiger partial charge in [-0.2, -0.15) is 5.26 Å². The molecule has 0 amide bonds. The summed E-state index contributed by atoms with van der Waals surface area (Å²) >= 11 is 0. The van der Waals surface area contributed by atoms with Crippen LogP contribution in [0.2, 0.25) is 0 Å². The molecule has 2 aromatic rings. The first-order valence-corrected chi connectivity index (χ1v) is 8.83. The topological polar surface area (TPSA) is 184 Å². The Morgan fingerprint density at radius 1 is 1.32 bits per heavy atom. The lowest BCUT2D eigenvalue weighted by Gasteiger charge is -2.16. The molecule has 0 bridgehead atoms. The van der Waals surface area contributed by atoms with Gasteiger partial charge in [0, 0.05) is 0 Å². The van der Waals surface area contributed by atoms with Crippen molar-refractivity contribution in [2.24, 2.45) is 0 Å². The molecule has 0 aromatic carbocycles. The van der Waals surface area contributed by atoms with E-state index < -0.39 is 38.5 Å². The van der Waals surface area contributed by atoms with Crippen molar-refractivity contribution < 1.29 is 34.0 Å². The van der Waals surface area contributed by atoms with Crippen LogP contribution in [0.1, 0.15) is 11.9 Å². The monoisotopic (exact) mass is 371 g/mol. The summed E-state index contributed by atoms with van der Waals surface area (Å²) in [5, 5.41) is 29.3. The van der Waals surface area contributed by atoms with Crippen LogP contribution in [-0.2, 0) is 14.0 Å². The molecule has 1 fully saturated rings. The first kappa shape index (κ1) is 17.8. The highest BCUT2D eigenvalue weighted by molar-refractivity contribution is 7.51. The van der Waals surface area contributed by atoms with E-state index in [2.05, 4.69) is 15.0 Å². The van der Waals surface area contributed by atoms with Gasteiger partial charge in [-0.3, -0.25) is 9.13 Å². The number of rotatable bonds is 5. The fourth-order valence-corrected chi connectivity index (χ4v) is 2.85. The highest BCUT2D eigenvalue weighted by Crippen LogP contribution is 2.35. The van der Waals surface area contributed by atoms with Crippen LogP contribution in [0.25, 0.3) is 11.2 Å². The van der Waals surface area contributed by atoms with Gasteiger partial charge in [-0.05, 0) is 0 Å². The predicted molar refractivity (Wildman–Crippen MR) is 78.8 cm³/mol. The normalized spacial score (nSPS) is 26.8. The summed E-state index contributed by atoms with van der Waals surface area (Å²) in [6.45, 7) is -0.328. The van der Waals surface area contributed by atoms with E-state index in [1.165, 1.54) is 10.9 Å². The van der Waals surface area contributed by atoms with Crippen LogP contribution in [0.5, 0.6) is 0 Å². The molecule has 1 saturated heterocycles. The minimum Gasteiger partial charge on any atom is -0.387 e. The molecule has 25 heavy (non-hydrogen) atoms. The molecular formula is C12H14N5O7P. The number of ether oxygens (including phenoxy) is 2. The first-order chi connectivity index (χ1) is 11.8. The standard InChI is InChI=1S/C12H14N5O7P/c13-1-6-8-11(15-3-14-6)17(4-16-8)12-10(19)9(18)7(24-12)2-23-5-25(20,21)22/h3-4,7,9-10,12,18-19H,2,5H2,(H2,20,21,22)/t7-,9-,10-,12-/m1/s1. The fraction of sp³-hybridized carbons (Fsp3) is 0.500. The summed E-state index contributed by atoms with van der Waals surface area (Å²) in [7, 11) is -4.35. The zero-order valence-corrected chi connectivity index (χ0v) is 13.5. The summed E-state index contributed by atoms with van der Waals surface area (Å²) < 4.78 is 22.5.